The topological polar surface area (TPSA) is 71.5 Å². The summed E-state index contributed by atoms with van der Waals surface area (Å²) in [5.74, 6) is -0.154. The zero-order chi connectivity index (χ0) is 21.3. The first-order valence-electron chi connectivity index (χ1n) is 9.22. The van der Waals surface area contributed by atoms with Crippen molar-refractivity contribution >= 4 is 23.6 Å². The number of hydrogen-bond donors (Lipinski definition) is 2. The molecule has 1 atom stereocenters. The number of benzene rings is 2. The SMILES string of the molecule is O=C(/C=C/c1cc(Cl)ccc1OCc1ccc(F)cc1)NCC(O)c1cccnc1. The summed E-state index contributed by atoms with van der Waals surface area (Å²) in [6.07, 6.45) is 5.22. The molecule has 154 valence electrons. The van der Waals surface area contributed by atoms with Gasteiger partial charge in [-0.25, -0.2) is 4.39 Å². The van der Waals surface area contributed by atoms with Gasteiger partial charge in [-0.3, -0.25) is 9.78 Å². The second-order valence-electron chi connectivity index (χ2n) is 6.48. The highest BCUT2D eigenvalue weighted by molar-refractivity contribution is 6.30. The van der Waals surface area contributed by atoms with Crippen LogP contribution in [-0.2, 0) is 11.4 Å². The van der Waals surface area contributed by atoms with E-state index in [1.807, 2.05) is 0 Å². The number of hydrogen-bond acceptors (Lipinski definition) is 4. The minimum Gasteiger partial charge on any atom is -0.488 e. The molecular weight excluding hydrogens is 407 g/mol. The lowest BCUT2D eigenvalue weighted by Crippen LogP contribution is -2.26. The van der Waals surface area contributed by atoms with Crippen LogP contribution < -0.4 is 10.1 Å². The third-order valence-electron chi connectivity index (χ3n) is 4.23. The fourth-order valence-electron chi connectivity index (χ4n) is 2.64. The number of ether oxygens (including phenoxy) is 1. The number of pyridine rings is 1. The zero-order valence-electron chi connectivity index (χ0n) is 16.0. The Bertz CT molecular complexity index is 1010. The van der Waals surface area contributed by atoms with Gasteiger partial charge in [0.15, 0.2) is 0 Å². The molecule has 0 aliphatic rings. The van der Waals surface area contributed by atoms with Crippen molar-refractivity contribution in [2.45, 2.75) is 12.7 Å². The number of carbonyl (C=O) groups excluding carboxylic acids is 1. The summed E-state index contributed by atoms with van der Waals surface area (Å²) in [5.41, 5.74) is 2.05. The van der Waals surface area contributed by atoms with Crippen LogP contribution in [0.3, 0.4) is 0 Å². The van der Waals surface area contributed by atoms with Gasteiger partial charge in [0, 0.05) is 41.2 Å². The maximum absolute atomic E-state index is 13.0. The Hall–Kier alpha value is -3.22. The summed E-state index contributed by atoms with van der Waals surface area (Å²) in [4.78, 5) is 16.1. The van der Waals surface area contributed by atoms with Gasteiger partial charge in [-0.2, -0.15) is 0 Å². The number of aromatic nitrogens is 1. The van der Waals surface area contributed by atoms with E-state index >= 15 is 0 Å². The largest absolute Gasteiger partial charge is 0.488 e. The monoisotopic (exact) mass is 426 g/mol. The molecule has 3 aromatic rings. The first-order valence-corrected chi connectivity index (χ1v) is 9.60. The van der Waals surface area contributed by atoms with Gasteiger partial charge in [-0.05, 0) is 48.0 Å². The molecule has 3 rings (SSSR count). The average molecular weight is 427 g/mol. The minimum atomic E-state index is -0.850. The quantitative estimate of drug-likeness (QED) is 0.526. The fraction of sp³-hybridized carbons (Fsp3) is 0.130. The third kappa shape index (κ3) is 6.40. The van der Waals surface area contributed by atoms with E-state index in [9.17, 15) is 14.3 Å². The number of aliphatic hydroxyl groups is 1. The number of nitrogens with one attached hydrogen (secondary N) is 1. The molecule has 2 N–H and O–H groups in total. The molecule has 1 unspecified atom stereocenters. The van der Waals surface area contributed by atoms with Crippen LogP contribution in [0.4, 0.5) is 4.39 Å². The van der Waals surface area contributed by atoms with E-state index in [2.05, 4.69) is 10.3 Å². The van der Waals surface area contributed by atoms with Crippen LogP contribution in [0.25, 0.3) is 6.08 Å². The number of carbonyl (C=O) groups is 1. The van der Waals surface area contributed by atoms with E-state index in [1.165, 1.54) is 18.2 Å². The minimum absolute atomic E-state index is 0.0539. The Morgan fingerprint density at radius 1 is 1.23 bits per heavy atom. The van der Waals surface area contributed by atoms with E-state index in [1.54, 1.807) is 60.9 Å². The first-order chi connectivity index (χ1) is 14.5. The van der Waals surface area contributed by atoms with E-state index in [0.717, 1.165) is 5.56 Å². The summed E-state index contributed by atoms with van der Waals surface area (Å²) in [6.45, 7) is 0.296. The molecule has 1 aromatic heterocycles. The van der Waals surface area contributed by atoms with Gasteiger partial charge in [-0.15, -0.1) is 0 Å². The molecule has 1 heterocycles. The third-order valence-corrected chi connectivity index (χ3v) is 4.47. The Balaban J connectivity index is 1.60. The second-order valence-corrected chi connectivity index (χ2v) is 6.91. The highest BCUT2D eigenvalue weighted by atomic mass is 35.5. The summed E-state index contributed by atoms with van der Waals surface area (Å²) < 4.78 is 18.8. The van der Waals surface area contributed by atoms with Gasteiger partial charge < -0.3 is 15.2 Å². The van der Waals surface area contributed by atoms with Crippen LogP contribution >= 0.6 is 11.6 Å². The number of rotatable bonds is 8. The van der Waals surface area contributed by atoms with Crippen LogP contribution in [0.1, 0.15) is 22.8 Å². The molecule has 0 aliphatic heterocycles. The van der Waals surface area contributed by atoms with Crippen molar-refractivity contribution in [2.24, 2.45) is 0 Å². The van der Waals surface area contributed by atoms with Crippen molar-refractivity contribution in [1.29, 1.82) is 0 Å². The van der Waals surface area contributed by atoms with Crippen molar-refractivity contribution in [2.75, 3.05) is 6.54 Å². The van der Waals surface area contributed by atoms with Gasteiger partial charge in [0.2, 0.25) is 5.91 Å². The second kappa shape index (κ2) is 10.5. The molecule has 0 radical (unpaired) electrons. The highest BCUT2D eigenvalue weighted by Crippen LogP contribution is 2.25. The number of amides is 1. The predicted octanol–water partition coefficient (Wildman–Crippen LogP) is 4.32. The van der Waals surface area contributed by atoms with Crippen molar-refractivity contribution in [3.05, 3.63) is 101 Å². The lowest BCUT2D eigenvalue weighted by Gasteiger charge is -2.11. The molecule has 0 saturated carbocycles. The van der Waals surface area contributed by atoms with Crippen molar-refractivity contribution in [3.8, 4) is 5.75 Å². The van der Waals surface area contributed by atoms with Gasteiger partial charge in [-0.1, -0.05) is 29.8 Å². The van der Waals surface area contributed by atoms with Crippen LogP contribution in [0.15, 0.2) is 73.1 Å². The zero-order valence-corrected chi connectivity index (χ0v) is 16.7. The first kappa shape index (κ1) is 21.5. The van der Waals surface area contributed by atoms with Crippen LogP contribution in [0.5, 0.6) is 5.75 Å². The summed E-state index contributed by atoms with van der Waals surface area (Å²) in [6, 6.07) is 14.5. The molecule has 0 bridgehead atoms. The Labute approximate surface area is 178 Å². The van der Waals surface area contributed by atoms with Crippen molar-refractivity contribution < 1.29 is 19.0 Å². The van der Waals surface area contributed by atoms with Crippen molar-refractivity contribution in [1.82, 2.24) is 10.3 Å². The molecule has 0 saturated heterocycles. The van der Waals surface area contributed by atoms with Crippen molar-refractivity contribution in [3.63, 3.8) is 0 Å². The molecule has 0 fully saturated rings. The van der Waals surface area contributed by atoms with Gasteiger partial charge in [0.05, 0.1) is 6.10 Å². The van der Waals surface area contributed by atoms with Crippen LogP contribution in [0.2, 0.25) is 5.02 Å². The Morgan fingerprint density at radius 3 is 2.77 bits per heavy atom. The maximum atomic E-state index is 13.0. The van der Waals surface area contributed by atoms with E-state index in [0.29, 0.717) is 21.9 Å². The normalized spacial score (nSPS) is 12.0. The summed E-state index contributed by atoms with van der Waals surface area (Å²) >= 11 is 6.07. The molecule has 7 heteroatoms. The fourth-order valence-corrected chi connectivity index (χ4v) is 2.82. The molecule has 2 aromatic carbocycles. The van der Waals surface area contributed by atoms with Crippen LogP contribution in [-0.4, -0.2) is 22.5 Å². The average Bonchev–Trinajstić information content (AvgIpc) is 2.77. The molecule has 5 nitrogen and oxygen atoms in total. The molecule has 0 aliphatic carbocycles. The smallest absolute Gasteiger partial charge is 0.244 e. The lowest BCUT2D eigenvalue weighted by molar-refractivity contribution is -0.116. The maximum Gasteiger partial charge on any atom is 0.244 e. The summed E-state index contributed by atoms with van der Waals surface area (Å²) in [5, 5.41) is 13.2. The molecule has 30 heavy (non-hydrogen) atoms. The number of nitrogens with zero attached hydrogens (tertiary/aromatic N) is 1. The number of aliphatic hydroxyl groups excluding tert-OH is 1. The van der Waals surface area contributed by atoms with E-state index < -0.39 is 6.10 Å². The Morgan fingerprint density at radius 2 is 2.03 bits per heavy atom. The lowest BCUT2D eigenvalue weighted by atomic mass is 10.1. The van der Waals surface area contributed by atoms with Gasteiger partial charge >= 0.3 is 0 Å². The van der Waals surface area contributed by atoms with Crippen LogP contribution in [0, 0.1) is 5.82 Å². The molecule has 1 amide bonds. The molecular formula is C23H20ClFN2O3. The van der Waals surface area contributed by atoms with Gasteiger partial charge in [0.25, 0.3) is 0 Å². The van der Waals surface area contributed by atoms with Gasteiger partial charge in [0.1, 0.15) is 18.2 Å². The Kier molecular flexibility index (Phi) is 7.54. The predicted molar refractivity (Wildman–Crippen MR) is 113 cm³/mol. The van der Waals surface area contributed by atoms with E-state index in [4.69, 9.17) is 16.3 Å². The summed E-state index contributed by atoms with van der Waals surface area (Å²) in [7, 11) is 0. The highest BCUT2D eigenvalue weighted by Gasteiger charge is 2.09. The van der Waals surface area contributed by atoms with E-state index in [-0.39, 0.29) is 24.9 Å². The standard InChI is InChI=1S/C23H20ClFN2O3/c24-19-6-9-22(30-15-16-3-7-20(25)8-4-16)17(12-19)5-10-23(29)27-14-21(28)18-2-1-11-26-13-18/h1-13,21,28H,14-15H2,(H,27,29)/b10-5+. The number of halogens is 2. The molecule has 0 spiro atoms.